The zero-order valence-corrected chi connectivity index (χ0v) is 10.9. The maximum Gasteiger partial charge on any atom is 0.284 e. The van der Waals surface area contributed by atoms with Crippen molar-refractivity contribution < 1.29 is 13.3 Å². The molecule has 3 aromatic rings. The Kier molecular flexibility index (Phi) is 3.32. The fourth-order valence-corrected chi connectivity index (χ4v) is 1.98. The lowest BCUT2D eigenvalue weighted by atomic mass is 10.5. The first kappa shape index (κ1) is 12.0. The summed E-state index contributed by atoms with van der Waals surface area (Å²) in [6, 6.07) is 3.52. The predicted octanol–water partition coefficient (Wildman–Crippen LogP) is 2.57. The van der Waals surface area contributed by atoms with Crippen molar-refractivity contribution in [2.24, 2.45) is 0 Å². The Morgan fingerprint density at radius 2 is 2.00 bits per heavy atom. The van der Waals surface area contributed by atoms with E-state index in [9.17, 15) is 0 Å². The lowest BCUT2D eigenvalue weighted by molar-refractivity contribution is 0.444. The molecule has 19 heavy (non-hydrogen) atoms. The number of aromatic nitrogens is 4. The molecule has 0 aliphatic carbocycles. The Hall–Kier alpha value is -2.09. The van der Waals surface area contributed by atoms with Crippen LogP contribution in [0.15, 0.2) is 36.9 Å². The van der Waals surface area contributed by atoms with Gasteiger partial charge in [-0.3, -0.25) is 0 Å². The zero-order valence-electron chi connectivity index (χ0n) is 10.1. The highest BCUT2D eigenvalue weighted by atomic mass is 32.2. The molecule has 0 radical (unpaired) electrons. The smallest absolute Gasteiger partial charge is 0.284 e. The highest BCUT2D eigenvalue weighted by molar-refractivity contribution is 7.98. The molecule has 0 bridgehead atoms. The summed E-state index contributed by atoms with van der Waals surface area (Å²) in [7, 11) is 0. The van der Waals surface area contributed by atoms with E-state index in [1.54, 1.807) is 18.4 Å². The van der Waals surface area contributed by atoms with Crippen molar-refractivity contribution in [1.29, 1.82) is 0 Å². The molecule has 0 saturated carbocycles. The Morgan fingerprint density at radius 3 is 2.74 bits per heavy atom. The van der Waals surface area contributed by atoms with Crippen LogP contribution in [-0.4, -0.2) is 20.4 Å². The van der Waals surface area contributed by atoms with E-state index in [-0.39, 0.29) is 0 Å². The molecule has 3 heterocycles. The molecule has 0 saturated heterocycles. The molecule has 3 aromatic heterocycles. The molecule has 3 rings (SSSR count). The number of hydrogen-bond acceptors (Lipinski definition) is 8. The second kappa shape index (κ2) is 5.27. The fraction of sp³-hybridized carbons (Fsp3) is 0.273. The van der Waals surface area contributed by atoms with Crippen LogP contribution >= 0.6 is 11.8 Å². The molecule has 98 valence electrons. The summed E-state index contributed by atoms with van der Waals surface area (Å²) in [5.74, 6) is 2.56. The van der Waals surface area contributed by atoms with Crippen LogP contribution in [0.3, 0.4) is 0 Å². The van der Waals surface area contributed by atoms with Gasteiger partial charge in [0.2, 0.25) is 11.8 Å². The highest BCUT2D eigenvalue weighted by Gasteiger charge is 2.12. The standard InChI is InChI=1S/C11H10N4O3S/c1-2-8-12-13-9(17-8)6-19-11-15-14-10(18-11)7-4-3-5-16-7/h3-5H,2,6H2,1H3. The van der Waals surface area contributed by atoms with Crippen LogP contribution in [0.5, 0.6) is 0 Å². The summed E-state index contributed by atoms with van der Waals surface area (Å²) >= 11 is 1.34. The van der Waals surface area contributed by atoms with Gasteiger partial charge in [-0.05, 0) is 12.1 Å². The van der Waals surface area contributed by atoms with E-state index < -0.39 is 0 Å². The summed E-state index contributed by atoms with van der Waals surface area (Å²) in [4.78, 5) is 0. The van der Waals surface area contributed by atoms with Gasteiger partial charge in [-0.25, -0.2) is 0 Å². The van der Waals surface area contributed by atoms with Gasteiger partial charge in [0.15, 0.2) is 5.76 Å². The van der Waals surface area contributed by atoms with Crippen LogP contribution in [-0.2, 0) is 12.2 Å². The lowest BCUT2D eigenvalue weighted by Crippen LogP contribution is -1.80. The van der Waals surface area contributed by atoms with Gasteiger partial charge in [-0.2, -0.15) is 0 Å². The fourth-order valence-electron chi connectivity index (χ4n) is 1.38. The summed E-state index contributed by atoms with van der Waals surface area (Å²) < 4.78 is 16.0. The first-order chi connectivity index (χ1) is 9.35. The van der Waals surface area contributed by atoms with Crippen molar-refractivity contribution in [3.05, 3.63) is 30.2 Å². The number of nitrogens with zero attached hydrogens (tertiary/aromatic N) is 4. The third-order valence-corrected chi connectivity index (χ3v) is 3.07. The molecule has 0 fully saturated rings. The maximum atomic E-state index is 5.44. The van der Waals surface area contributed by atoms with Gasteiger partial charge in [-0.15, -0.1) is 20.4 Å². The topological polar surface area (TPSA) is 91.0 Å². The molecule has 7 nitrogen and oxygen atoms in total. The van der Waals surface area contributed by atoms with Crippen LogP contribution in [0.1, 0.15) is 18.7 Å². The number of hydrogen-bond donors (Lipinski definition) is 0. The summed E-state index contributed by atoms with van der Waals surface area (Å²) in [6.07, 6.45) is 2.28. The third-order valence-electron chi connectivity index (χ3n) is 2.27. The van der Waals surface area contributed by atoms with E-state index in [1.165, 1.54) is 11.8 Å². The number of thioether (sulfide) groups is 1. The second-order valence-corrected chi connectivity index (χ2v) is 4.51. The summed E-state index contributed by atoms with van der Waals surface area (Å²) in [5, 5.41) is 16.0. The molecule has 0 aliphatic rings. The Balaban J connectivity index is 1.64. The van der Waals surface area contributed by atoms with E-state index >= 15 is 0 Å². The van der Waals surface area contributed by atoms with Gasteiger partial charge in [0.25, 0.3) is 11.1 Å². The number of aryl methyl sites for hydroxylation is 1. The Morgan fingerprint density at radius 1 is 1.11 bits per heavy atom. The molecule has 0 amide bonds. The van der Waals surface area contributed by atoms with E-state index in [4.69, 9.17) is 13.3 Å². The summed E-state index contributed by atoms with van der Waals surface area (Å²) in [5.41, 5.74) is 0. The molecule has 0 atom stereocenters. The molecule has 0 spiro atoms. The highest BCUT2D eigenvalue weighted by Crippen LogP contribution is 2.25. The minimum Gasteiger partial charge on any atom is -0.459 e. The van der Waals surface area contributed by atoms with Crippen molar-refractivity contribution >= 4 is 11.8 Å². The van der Waals surface area contributed by atoms with Crippen LogP contribution in [0.4, 0.5) is 0 Å². The van der Waals surface area contributed by atoms with Crippen LogP contribution < -0.4 is 0 Å². The second-order valence-electron chi connectivity index (χ2n) is 3.58. The average Bonchev–Trinajstić information content (AvgIpc) is 3.16. The lowest BCUT2D eigenvalue weighted by Gasteiger charge is -1.90. The zero-order chi connectivity index (χ0) is 13.1. The van der Waals surface area contributed by atoms with E-state index in [2.05, 4.69) is 20.4 Å². The van der Waals surface area contributed by atoms with E-state index in [1.807, 2.05) is 6.92 Å². The van der Waals surface area contributed by atoms with Gasteiger partial charge >= 0.3 is 0 Å². The van der Waals surface area contributed by atoms with Crippen molar-refractivity contribution in [2.75, 3.05) is 0 Å². The minimum atomic E-state index is 0.354. The van der Waals surface area contributed by atoms with Gasteiger partial charge in [-0.1, -0.05) is 18.7 Å². The molecular weight excluding hydrogens is 268 g/mol. The van der Waals surface area contributed by atoms with Gasteiger partial charge in [0, 0.05) is 6.42 Å². The molecule has 0 aromatic carbocycles. The third kappa shape index (κ3) is 2.68. The van der Waals surface area contributed by atoms with Crippen LogP contribution in [0, 0.1) is 0 Å². The first-order valence-electron chi connectivity index (χ1n) is 5.66. The van der Waals surface area contributed by atoms with Gasteiger partial charge in [0.1, 0.15) is 0 Å². The van der Waals surface area contributed by atoms with E-state index in [0.29, 0.717) is 34.4 Å². The molecular formula is C11H10N4O3S. The van der Waals surface area contributed by atoms with Gasteiger partial charge < -0.3 is 13.3 Å². The summed E-state index contributed by atoms with van der Waals surface area (Å²) in [6.45, 7) is 1.96. The van der Waals surface area contributed by atoms with Crippen LogP contribution in [0.2, 0.25) is 0 Å². The van der Waals surface area contributed by atoms with Crippen molar-refractivity contribution in [2.45, 2.75) is 24.3 Å². The predicted molar refractivity (Wildman–Crippen MR) is 65.2 cm³/mol. The maximum absolute atomic E-state index is 5.44. The van der Waals surface area contributed by atoms with Crippen LogP contribution in [0.25, 0.3) is 11.7 Å². The SMILES string of the molecule is CCc1nnc(CSc2nnc(-c3ccco3)o2)o1. The van der Waals surface area contributed by atoms with E-state index in [0.717, 1.165) is 6.42 Å². The quantitative estimate of drug-likeness (QED) is 0.657. The Labute approximate surface area is 112 Å². The number of rotatable bonds is 5. The average molecular weight is 278 g/mol. The van der Waals surface area contributed by atoms with Crippen molar-refractivity contribution in [1.82, 2.24) is 20.4 Å². The van der Waals surface area contributed by atoms with Gasteiger partial charge in [0.05, 0.1) is 12.0 Å². The minimum absolute atomic E-state index is 0.354. The van der Waals surface area contributed by atoms with Crippen molar-refractivity contribution in [3.63, 3.8) is 0 Å². The first-order valence-corrected chi connectivity index (χ1v) is 6.65. The number of furan rings is 1. The van der Waals surface area contributed by atoms with Crippen molar-refractivity contribution in [3.8, 4) is 11.7 Å². The molecule has 0 N–H and O–H groups in total. The molecule has 0 unspecified atom stereocenters. The normalized spacial score (nSPS) is 11.0. The largest absolute Gasteiger partial charge is 0.459 e. The monoisotopic (exact) mass is 278 g/mol. The Bertz CT molecular complexity index is 647. The molecule has 0 aliphatic heterocycles. The molecule has 8 heteroatoms.